The standard InChI is InChI=1S/C40H42N4O8/c1-24(45)52-22-25-5-7-26(8-6-25)27-13-28-19-41-32-16-36(34(48-2)14-30(32)38(46)43(28)21-27)50-11-4-12-51-37-17-33-31(15-35(37)49-3)39(47)44-23-40(9-10-40)18-29(44)20-42-33/h5-8,14-17,20-21,28-29,41H,4,9-13,18-19,22-23H2,1-3H3/t28-,29-/m0/s1. The highest BCUT2D eigenvalue weighted by molar-refractivity contribution is 6.04. The Morgan fingerprint density at radius 2 is 1.63 bits per heavy atom. The number of fused-ring (bicyclic) bond motifs is 4. The van der Waals surface area contributed by atoms with E-state index in [1.807, 2.05) is 47.6 Å². The molecule has 12 nitrogen and oxygen atoms in total. The predicted molar refractivity (Wildman–Crippen MR) is 194 cm³/mol. The summed E-state index contributed by atoms with van der Waals surface area (Å²) in [6.07, 6.45) is 8.44. The molecule has 0 radical (unpaired) electrons. The lowest BCUT2D eigenvalue weighted by Crippen LogP contribution is -2.35. The van der Waals surface area contributed by atoms with Crippen LogP contribution in [0.1, 0.15) is 70.9 Å². The summed E-state index contributed by atoms with van der Waals surface area (Å²) in [6, 6.07) is 14.9. The van der Waals surface area contributed by atoms with E-state index in [0.717, 1.165) is 29.7 Å². The molecule has 270 valence electrons. The molecule has 4 heterocycles. The van der Waals surface area contributed by atoms with Gasteiger partial charge in [0.15, 0.2) is 23.0 Å². The summed E-state index contributed by atoms with van der Waals surface area (Å²) in [5.74, 6) is 1.56. The minimum Gasteiger partial charge on any atom is -0.493 e. The van der Waals surface area contributed by atoms with Crippen molar-refractivity contribution in [3.8, 4) is 23.0 Å². The van der Waals surface area contributed by atoms with Crippen molar-refractivity contribution in [1.82, 2.24) is 9.80 Å². The predicted octanol–water partition coefficient (Wildman–Crippen LogP) is 6.01. The number of nitrogens with one attached hydrogen (secondary N) is 1. The number of hydrogen-bond acceptors (Lipinski definition) is 10. The SMILES string of the molecule is COc1cc2c(cc1OCCCOc1cc3c(cc1OC)C(=O)N1C=C(c4ccc(COC(C)=O)cc4)C[C@H]1CN3)N=C[C@@H]1CC3(CC3)CN1C2=O. The number of benzene rings is 3. The lowest BCUT2D eigenvalue weighted by molar-refractivity contribution is -0.142. The second kappa shape index (κ2) is 13.6. The number of carbonyl (C=O) groups is 3. The molecule has 3 aromatic rings. The van der Waals surface area contributed by atoms with Crippen LogP contribution < -0.4 is 24.3 Å². The summed E-state index contributed by atoms with van der Waals surface area (Å²) in [7, 11) is 3.12. The molecule has 2 atom stereocenters. The van der Waals surface area contributed by atoms with E-state index < -0.39 is 0 Å². The van der Waals surface area contributed by atoms with Gasteiger partial charge in [0.2, 0.25) is 0 Å². The average Bonchev–Trinajstić information content (AvgIpc) is 3.68. The first-order valence-electron chi connectivity index (χ1n) is 17.8. The van der Waals surface area contributed by atoms with Gasteiger partial charge in [0, 0.05) is 51.0 Å². The van der Waals surface area contributed by atoms with E-state index in [4.69, 9.17) is 28.7 Å². The zero-order valence-corrected chi connectivity index (χ0v) is 29.6. The van der Waals surface area contributed by atoms with Crippen molar-refractivity contribution in [2.75, 3.05) is 45.8 Å². The maximum Gasteiger partial charge on any atom is 0.302 e. The molecule has 2 fully saturated rings. The molecule has 5 aliphatic rings. The number of esters is 1. The van der Waals surface area contributed by atoms with Crippen molar-refractivity contribution in [3.63, 3.8) is 0 Å². The highest BCUT2D eigenvalue weighted by atomic mass is 16.5. The van der Waals surface area contributed by atoms with Crippen LogP contribution in [-0.2, 0) is 16.1 Å². The Morgan fingerprint density at radius 1 is 0.923 bits per heavy atom. The van der Waals surface area contributed by atoms with Crippen LogP contribution in [0.3, 0.4) is 0 Å². The fraction of sp³-hybridized carbons (Fsp3) is 0.400. The smallest absolute Gasteiger partial charge is 0.302 e. The van der Waals surface area contributed by atoms with Gasteiger partial charge in [0.25, 0.3) is 11.8 Å². The van der Waals surface area contributed by atoms with Crippen molar-refractivity contribution < 1.29 is 38.1 Å². The first-order valence-corrected chi connectivity index (χ1v) is 17.8. The molecule has 1 saturated heterocycles. The number of ether oxygens (including phenoxy) is 5. The number of amides is 2. The van der Waals surface area contributed by atoms with E-state index in [9.17, 15) is 14.4 Å². The van der Waals surface area contributed by atoms with Gasteiger partial charge in [0.1, 0.15) is 6.61 Å². The molecule has 12 heteroatoms. The number of nitrogens with zero attached hydrogens (tertiary/aromatic N) is 3. The number of carbonyl (C=O) groups excluding carboxylic acids is 3. The van der Waals surface area contributed by atoms with Gasteiger partial charge in [-0.25, -0.2) is 0 Å². The molecule has 1 aliphatic carbocycles. The third kappa shape index (κ3) is 6.42. The van der Waals surface area contributed by atoms with Crippen LogP contribution in [0.2, 0.25) is 0 Å². The summed E-state index contributed by atoms with van der Waals surface area (Å²) in [5, 5.41) is 3.46. The largest absolute Gasteiger partial charge is 0.493 e. The van der Waals surface area contributed by atoms with E-state index in [-0.39, 0.29) is 36.5 Å². The van der Waals surface area contributed by atoms with E-state index in [0.29, 0.717) is 83.5 Å². The van der Waals surface area contributed by atoms with Crippen LogP contribution in [0.15, 0.2) is 59.7 Å². The Hall–Kier alpha value is -5.52. The van der Waals surface area contributed by atoms with Gasteiger partial charge in [-0.05, 0) is 59.9 Å². The van der Waals surface area contributed by atoms with Crippen molar-refractivity contribution in [2.45, 2.75) is 57.7 Å². The van der Waals surface area contributed by atoms with Gasteiger partial charge in [0.05, 0.1) is 62.0 Å². The fourth-order valence-corrected chi connectivity index (χ4v) is 7.62. The number of anilines is 1. The Morgan fingerprint density at radius 3 is 2.33 bits per heavy atom. The van der Waals surface area contributed by atoms with E-state index in [2.05, 4.69) is 5.32 Å². The lowest BCUT2D eigenvalue weighted by Gasteiger charge is -2.21. The molecule has 0 aromatic heterocycles. The van der Waals surface area contributed by atoms with Gasteiger partial charge in [-0.15, -0.1) is 0 Å². The maximum atomic E-state index is 13.8. The van der Waals surface area contributed by atoms with Gasteiger partial charge in [-0.1, -0.05) is 24.3 Å². The zero-order valence-electron chi connectivity index (χ0n) is 29.6. The van der Waals surface area contributed by atoms with Gasteiger partial charge in [-0.2, -0.15) is 0 Å². The molecule has 2 amide bonds. The average molecular weight is 707 g/mol. The molecule has 52 heavy (non-hydrogen) atoms. The molecular weight excluding hydrogens is 664 g/mol. The Balaban J connectivity index is 0.895. The summed E-state index contributed by atoms with van der Waals surface area (Å²) in [5.41, 5.74) is 5.60. The van der Waals surface area contributed by atoms with Crippen molar-refractivity contribution in [3.05, 3.63) is 77.0 Å². The number of aliphatic imine (C=N–C) groups is 1. The molecule has 3 aromatic carbocycles. The molecule has 0 bridgehead atoms. The minimum atomic E-state index is -0.317. The van der Waals surface area contributed by atoms with Gasteiger partial charge >= 0.3 is 5.97 Å². The summed E-state index contributed by atoms with van der Waals surface area (Å²) in [4.78, 5) is 46.9. The van der Waals surface area contributed by atoms with Crippen molar-refractivity contribution in [2.24, 2.45) is 10.4 Å². The number of hydrogen-bond donors (Lipinski definition) is 1. The molecule has 8 rings (SSSR count). The van der Waals surface area contributed by atoms with E-state index >= 15 is 0 Å². The maximum absolute atomic E-state index is 13.8. The Kier molecular flexibility index (Phi) is 8.76. The molecule has 0 unspecified atom stereocenters. The number of rotatable bonds is 11. The zero-order chi connectivity index (χ0) is 36.0. The van der Waals surface area contributed by atoms with Crippen LogP contribution in [0, 0.1) is 5.41 Å². The van der Waals surface area contributed by atoms with Crippen LogP contribution in [0.5, 0.6) is 23.0 Å². The van der Waals surface area contributed by atoms with Crippen LogP contribution in [0.4, 0.5) is 11.4 Å². The third-order valence-corrected chi connectivity index (χ3v) is 10.7. The highest BCUT2D eigenvalue weighted by Crippen LogP contribution is 2.55. The van der Waals surface area contributed by atoms with Crippen LogP contribution in [0.25, 0.3) is 5.57 Å². The third-order valence-electron chi connectivity index (χ3n) is 10.7. The molecule has 1 N–H and O–H groups in total. The Bertz CT molecular complexity index is 1990. The number of methoxy groups -OCH3 is 2. The molecule has 1 spiro atoms. The highest BCUT2D eigenvalue weighted by Gasteiger charge is 2.53. The first kappa shape index (κ1) is 33.6. The summed E-state index contributed by atoms with van der Waals surface area (Å²) < 4.78 is 28.6. The van der Waals surface area contributed by atoms with Crippen molar-refractivity contribution in [1.29, 1.82) is 0 Å². The van der Waals surface area contributed by atoms with E-state index in [1.54, 1.807) is 37.3 Å². The molecule has 1 saturated carbocycles. The molecule has 4 aliphatic heterocycles. The minimum absolute atomic E-state index is 0.00666. The fourth-order valence-electron chi connectivity index (χ4n) is 7.62. The Labute approximate surface area is 302 Å². The monoisotopic (exact) mass is 706 g/mol. The van der Waals surface area contributed by atoms with Gasteiger partial charge in [-0.3, -0.25) is 19.4 Å². The molecular formula is C40H42N4O8. The second-order valence-electron chi connectivity index (χ2n) is 14.2. The first-order chi connectivity index (χ1) is 25.2. The second-order valence-corrected chi connectivity index (χ2v) is 14.2. The van der Waals surface area contributed by atoms with Crippen LogP contribution in [-0.4, -0.2) is 86.4 Å². The topological polar surface area (TPSA) is 128 Å². The summed E-state index contributed by atoms with van der Waals surface area (Å²) in [6.45, 7) is 3.66. The normalized spacial score (nSPS) is 20.5. The van der Waals surface area contributed by atoms with Crippen molar-refractivity contribution >= 4 is 40.9 Å². The summed E-state index contributed by atoms with van der Waals surface area (Å²) >= 11 is 0. The lowest BCUT2D eigenvalue weighted by atomic mass is 10.0. The van der Waals surface area contributed by atoms with Gasteiger partial charge < -0.3 is 38.8 Å². The van der Waals surface area contributed by atoms with E-state index in [1.165, 1.54) is 19.8 Å². The quantitative estimate of drug-likeness (QED) is 0.189. The van der Waals surface area contributed by atoms with Crippen LogP contribution >= 0.6 is 0 Å².